The van der Waals surface area contributed by atoms with Crippen LogP contribution in [0.2, 0.25) is 5.02 Å². The molecule has 3 aromatic rings. The Morgan fingerprint density at radius 3 is 2.42 bits per heavy atom. The van der Waals surface area contributed by atoms with Crippen LogP contribution >= 0.6 is 11.6 Å². The van der Waals surface area contributed by atoms with Crippen molar-refractivity contribution in [3.63, 3.8) is 0 Å². The van der Waals surface area contributed by atoms with E-state index in [1.807, 2.05) is 0 Å². The summed E-state index contributed by atoms with van der Waals surface area (Å²) in [5, 5.41) is 21.9. The first-order valence-corrected chi connectivity index (χ1v) is 12.1. The van der Waals surface area contributed by atoms with Crippen LogP contribution in [0.5, 0.6) is 11.5 Å². The van der Waals surface area contributed by atoms with Gasteiger partial charge in [0.15, 0.2) is 17.8 Å². The van der Waals surface area contributed by atoms with E-state index in [0.29, 0.717) is 16.7 Å². The predicted molar refractivity (Wildman–Crippen MR) is 131 cm³/mol. The van der Waals surface area contributed by atoms with Gasteiger partial charge in [0.05, 0.1) is 34.9 Å². The van der Waals surface area contributed by atoms with Gasteiger partial charge in [0.2, 0.25) is 5.69 Å². The SMILES string of the molecule is COc1cc(C(CC2CC2)C(=O)Cc2ccc(C(=O)O)cc2)[n+]([O-])cc1-c1c(OC(F)F)ccc(Cl)c1F. The lowest BCUT2D eigenvalue weighted by Crippen LogP contribution is -2.36. The molecule has 200 valence electrons. The van der Waals surface area contributed by atoms with Crippen LogP contribution in [0, 0.1) is 16.9 Å². The van der Waals surface area contributed by atoms with E-state index in [1.165, 1.54) is 37.4 Å². The molecular formula is C27H23ClF3NO6. The molecule has 0 bridgehead atoms. The number of hydrogen-bond acceptors (Lipinski definition) is 5. The minimum atomic E-state index is -3.26. The fourth-order valence-corrected chi connectivity index (χ4v) is 4.47. The van der Waals surface area contributed by atoms with Crippen LogP contribution < -0.4 is 14.2 Å². The first kappa shape index (κ1) is 27.3. The zero-order valence-corrected chi connectivity index (χ0v) is 20.9. The fourth-order valence-electron chi connectivity index (χ4n) is 4.31. The minimum Gasteiger partial charge on any atom is -0.618 e. The molecule has 1 heterocycles. The number of rotatable bonds is 11. The number of carbonyl (C=O) groups is 2. The molecular weight excluding hydrogens is 527 g/mol. The largest absolute Gasteiger partial charge is 0.618 e. The summed E-state index contributed by atoms with van der Waals surface area (Å²) in [7, 11) is 1.26. The summed E-state index contributed by atoms with van der Waals surface area (Å²) in [4.78, 5) is 24.5. The van der Waals surface area contributed by atoms with Crippen LogP contribution in [-0.2, 0) is 11.2 Å². The van der Waals surface area contributed by atoms with Crippen LogP contribution in [0.3, 0.4) is 0 Å². The molecule has 4 rings (SSSR count). The van der Waals surface area contributed by atoms with E-state index in [1.54, 1.807) is 0 Å². The van der Waals surface area contributed by atoms with Crippen LogP contribution in [0.4, 0.5) is 13.2 Å². The highest BCUT2D eigenvalue weighted by Gasteiger charge is 2.36. The van der Waals surface area contributed by atoms with E-state index in [-0.39, 0.29) is 45.7 Å². The van der Waals surface area contributed by atoms with Gasteiger partial charge in [-0.3, -0.25) is 4.79 Å². The molecule has 0 amide bonds. The molecule has 38 heavy (non-hydrogen) atoms. The standard InChI is InChI=1S/C27H23ClF3NO6/c1-37-23-12-20(32(36)13-18(23)24-22(38-27(30)31)9-8-19(28)25(24)29)17(10-14-2-3-14)21(33)11-15-4-6-16(7-5-15)26(34)35/h4-9,12-14,17,27H,2-3,10-11H2,1H3,(H,34,35). The van der Waals surface area contributed by atoms with Gasteiger partial charge >= 0.3 is 12.6 Å². The maximum absolute atomic E-state index is 15.0. The number of aromatic nitrogens is 1. The monoisotopic (exact) mass is 549 g/mol. The molecule has 1 atom stereocenters. The Balaban J connectivity index is 1.74. The maximum Gasteiger partial charge on any atom is 0.387 e. The number of aromatic carboxylic acids is 1. The van der Waals surface area contributed by atoms with E-state index >= 15 is 4.39 Å². The van der Waals surface area contributed by atoms with E-state index < -0.39 is 35.6 Å². The Hall–Kier alpha value is -3.79. The van der Waals surface area contributed by atoms with Crippen LogP contribution in [-0.4, -0.2) is 30.6 Å². The van der Waals surface area contributed by atoms with Gasteiger partial charge < -0.3 is 19.8 Å². The average molecular weight is 550 g/mol. The molecule has 1 aliphatic rings. The second-order valence-corrected chi connectivity index (χ2v) is 9.40. The van der Waals surface area contributed by atoms with Crippen molar-refractivity contribution in [3.05, 3.63) is 81.5 Å². The molecule has 0 radical (unpaired) electrons. The third kappa shape index (κ3) is 6.02. The number of pyridine rings is 1. The molecule has 1 aliphatic carbocycles. The predicted octanol–water partition coefficient (Wildman–Crippen LogP) is 5.78. The van der Waals surface area contributed by atoms with Gasteiger partial charge in [-0.1, -0.05) is 36.6 Å². The first-order valence-electron chi connectivity index (χ1n) is 11.7. The van der Waals surface area contributed by atoms with Crippen molar-refractivity contribution < 1.29 is 42.1 Å². The number of carbonyl (C=O) groups excluding carboxylic acids is 1. The highest BCUT2D eigenvalue weighted by Crippen LogP contribution is 2.43. The van der Waals surface area contributed by atoms with Crippen molar-refractivity contribution in [1.29, 1.82) is 0 Å². The zero-order chi connectivity index (χ0) is 27.6. The molecule has 0 spiro atoms. The number of nitrogens with zero attached hydrogens (tertiary/aromatic N) is 1. The van der Waals surface area contributed by atoms with E-state index in [4.69, 9.17) is 21.4 Å². The van der Waals surface area contributed by atoms with Gasteiger partial charge in [-0.2, -0.15) is 13.5 Å². The third-order valence-corrected chi connectivity index (χ3v) is 6.69. The number of carboxylic acids is 1. The molecule has 0 saturated heterocycles. The summed E-state index contributed by atoms with van der Waals surface area (Å²) in [6.07, 6.45) is 3.13. The van der Waals surface area contributed by atoms with E-state index in [0.717, 1.165) is 31.2 Å². The second-order valence-electron chi connectivity index (χ2n) is 9.00. The molecule has 1 aromatic heterocycles. The molecule has 1 saturated carbocycles. The van der Waals surface area contributed by atoms with Crippen LogP contribution in [0.25, 0.3) is 11.1 Å². The summed E-state index contributed by atoms with van der Waals surface area (Å²) in [5.74, 6) is -3.59. The van der Waals surface area contributed by atoms with Crippen molar-refractivity contribution in [1.82, 2.24) is 0 Å². The number of ether oxygens (including phenoxy) is 2. The van der Waals surface area contributed by atoms with Crippen LogP contribution in [0.15, 0.2) is 48.7 Å². The van der Waals surface area contributed by atoms with Crippen LogP contribution in [0.1, 0.15) is 46.8 Å². The summed E-state index contributed by atoms with van der Waals surface area (Å²) in [6.45, 7) is -3.26. The summed E-state index contributed by atoms with van der Waals surface area (Å²) in [5.41, 5.74) is 0.0649. The molecule has 1 unspecified atom stereocenters. The normalized spacial score (nSPS) is 13.8. The minimum absolute atomic E-state index is 0.0354. The number of methoxy groups -OCH3 is 1. The number of carboxylic acid groups (broad SMARTS) is 1. The fraction of sp³-hybridized carbons (Fsp3) is 0.296. The van der Waals surface area contributed by atoms with Crippen molar-refractivity contribution in [3.8, 4) is 22.6 Å². The Kier molecular flexibility index (Phi) is 8.11. The number of benzene rings is 2. The smallest absolute Gasteiger partial charge is 0.387 e. The lowest BCUT2D eigenvalue weighted by molar-refractivity contribution is -0.614. The highest BCUT2D eigenvalue weighted by atomic mass is 35.5. The van der Waals surface area contributed by atoms with Crippen molar-refractivity contribution in [2.45, 2.75) is 38.2 Å². The van der Waals surface area contributed by atoms with Gasteiger partial charge in [0, 0.05) is 6.42 Å². The average Bonchev–Trinajstić information content (AvgIpc) is 3.69. The number of halogens is 4. The van der Waals surface area contributed by atoms with Crippen molar-refractivity contribution in [2.24, 2.45) is 5.92 Å². The topological polar surface area (TPSA) is 99.8 Å². The Morgan fingerprint density at radius 2 is 1.84 bits per heavy atom. The summed E-state index contributed by atoms with van der Waals surface area (Å²) < 4.78 is 51.2. The Bertz CT molecular complexity index is 1360. The van der Waals surface area contributed by atoms with Gasteiger partial charge in [0.25, 0.3) is 0 Å². The maximum atomic E-state index is 15.0. The third-order valence-electron chi connectivity index (χ3n) is 6.40. The Morgan fingerprint density at radius 1 is 1.16 bits per heavy atom. The molecule has 0 aliphatic heterocycles. The lowest BCUT2D eigenvalue weighted by Gasteiger charge is -2.19. The zero-order valence-electron chi connectivity index (χ0n) is 20.1. The summed E-state index contributed by atoms with van der Waals surface area (Å²) >= 11 is 5.88. The second kappa shape index (κ2) is 11.3. The number of Topliss-reactive ketones (excluding diaryl/α,β-unsaturated/α-hetero) is 1. The molecule has 2 aromatic carbocycles. The van der Waals surface area contributed by atoms with Gasteiger partial charge in [-0.15, -0.1) is 0 Å². The van der Waals surface area contributed by atoms with E-state index in [9.17, 15) is 23.6 Å². The Labute approximate surface area is 221 Å². The lowest BCUT2D eigenvalue weighted by atomic mass is 9.89. The molecule has 1 N–H and O–H groups in total. The van der Waals surface area contributed by atoms with Gasteiger partial charge in [-0.05, 0) is 42.2 Å². The summed E-state index contributed by atoms with van der Waals surface area (Å²) in [6, 6.07) is 9.28. The number of ketones is 1. The molecule has 11 heteroatoms. The first-order chi connectivity index (χ1) is 18.1. The number of hydrogen-bond donors (Lipinski definition) is 1. The highest BCUT2D eigenvalue weighted by molar-refractivity contribution is 6.31. The quantitative estimate of drug-likeness (QED) is 0.240. The molecule has 1 fully saturated rings. The molecule has 7 nitrogen and oxygen atoms in total. The van der Waals surface area contributed by atoms with Crippen molar-refractivity contribution in [2.75, 3.05) is 7.11 Å². The van der Waals surface area contributed by atoms with Crippen molar-refractivity contribution >= 4 is 23.4 Å². The van der Waals surface area contributed by atoms with Gasteiger partial charge in [-0.25, -0.2) is 9.18 Å². The van der Waals surface area contributed by atoms with E-state index in [2.05, 4.69) is 4.74 Å². The number of alkyl halides is 2. The van der Waals surface area contributed by atoms with Gasteiger partial charge in [0.1, 0.15) is 17.4 Å².